The molecule has 2 aromatic carbocycles. The number of hydrogen-bond acceptors (Lipinski definition) is 4. The van der Waals surface area contributed by atoms with Crippen LogP contribution in [0, 0.1) is 0 Å². The lowest BCUT2D eigenvalue weighted by Crippen LogP contribution is -2.29. The van der Waals surface area contributed by atoms with Crippen LogP contribution in [0.5, 0.6) is 0 Å². The lowest BCUT2D eigenvalue weighted by molar-refractivity contribution is -0.131. The number of rotatable bonds is 6. The van der Waals surface area contributed by atoms with Crippen molar-refractivity contribution >= 4 is 39.2 Å². The zero-order chi connectivity index (χ0) is 16.9. The molecule has 3 nitrogen and oxygen atoms in total. The second kappa shape index (κ2) is 7.81. The van der Waals surface area contributed by atoms with Crippen molar-refractivity contribution in [3.63, 3.8) is 0 Å². The molecule has 0 bridgehead atoms. The molecule has 1 aromatic heterocycles. The van der Waals surface area contributed by atoms with Gasteiger partial charge >= 0.3 is 0 Å². The Hall–Kier alpha value is -1.85. The minimum absolute atomic E-state index is 0.00312. The van der Waals surface area contributed by atoms with Gasteiger partial charge in [-0.1, -0.05) is 30.3 Å². The Labute approximate surface area is 150 Å². The van der Waals surface area contributed by atoms with Crippen molar-refractivity contribution in [3.05, 3.63) is 59.6 Å². The second-order valence-corrected chi connectivity index (χ2v) is 7.84. The molecule has 0 saturated carbocycles. The fourth-order valence-electron chi connectivity index (χ4n) is 2.40. The first-order valence-corrected chi connectivity index (χ1v) is 9.74. The summed E-state index contributed by atoms with van der Waals surface area (Å²) in [6.45, 7) is 2.04. The quantitative estimate of drug-likeness (QED) is 0.583. The van der Waals surface area contributed by atoms with E-state index in [-0.39, 0.29) is 11.9 Å². The maximum atomic E-state index is 12.5. The molecule has 0 radical (unpaired) electrons. The Balaban J connectivity index is 1.58. The Morgan fingerprint density at radius 3 is 2.62 bits per heavy atom. The molecule has 0 fully saturated rings. The van der Waals surface area contributed by atoms with Gasteiger partial charge in [0.25, 0.3) is 0 Å². The van der Waals surface area contributed by atoms with Crippen LogP contribution in [0.3, 0.4) is 0 Å². The van der Waals surface area contributed by atoms with Gasteiger partial charge in [-0.3, -0.25) is 4.79 Å². The zero-order valence-corrected chi connectivity index (χ0v) is 15.4. The highest BCUT2D eigenvalue weighted by molar-refractivity contribution is 7.99. The summed E-state index contributed by atoms with van der Waals surface area (Å²) in [5.74, 6) is 0.949. The first-order chi connectivity index (χ1) is 11.6. The van der Waals surface area contributed by atoms with E-state index in [0.717, 1.165) is 16.3 Å². The molecule has 0 aliphatic carbocycles. The third-order valence-electron chi connectivity index (χ3n) is 3.97. The number of para-hydroxylation sites is 1. The van der Waals surface area contributed by atoms with Crippen LogP contribution in [-0.2, 0) is 4.79 Å². The van der Waals surface area contributed by atoms with E-state index in [1.165, 1.54) is 9.60 Å². The summed E-state index contributed by atoms with van der Waals surface area (Å²) >= 11 is 3.38. The van der Waals surface area contributed by atoms with E-state index in [1.54, 1.807) is 23.1 Å². The number of fused-ring (bicyclic) bond motifs is 1. The normalized spacial score (nSPS) is 12.2. The molecule has 0 unspecified atom stereocenters. The molecule has 3 aromatic rings. The van der Waals surface area contributed by atoms with Crippen molar-refractivity contribution in [1.82, 2.24) is 9.88 Å². The fraction of sp³-hybridized carbons (Fsp3) is 0.263. The van der Waals surface area contributed by atoms with Crippen molar-refractivity contribution in [3.8, 4) is 0 Å². The number of aromatic nitrogens is 1. The van der Waals surface area contributed by atoms with Gasteiger partial charge in [-0.15, -0.1) is 23.1 Å². The molecular formula is C19H20N2OS2. The molecule has 24 heavy (non-hydrogen) atoms. The number of thiazole rings is 1. The van der Waals surface area contributed by atoms with Gasteiger partial charge < -0.3 is 4.90 Å². The smallest absolute Gasteiger partial charge is 0.223 e. The van der Waals surface area contributed by atoms with E-state index in [1.807, 2.05) is 55.3 Å². The second-order valence-electron chi connectivity index (χ2n) is 5.61. The largest absolute Gasteiger partial charge is 0.337 e. The van der Waals surface area contributed by atoms with Crippen molar-refractivity contribution < 1.29 is 4.79 Å². The summed E-state index contributed by atoms with van der Waals surface area (Å²) in [6.07, 6.45) is 0.533. The first kappa shape index (κ1) is 17.0. The minimum atomic E-state index is -0.00312. The topological polar surface area (TPSA) is 33.2 Å². The van der Waals surface area contributed by atoms with Crippen LogP contribution < -0.4 is 0 Å². The number of amides is 1. The monoisotopic (exact) mass is 356 g/mol. The Morgan fingerprint density at radius 2 is 1.88 bits per heavy atom. The third kappa shape index (κ3) is 3.97. The third-order valence-corrected chi connectivity index (χ3v) is 6.19. The molecule has 1 atom stereocenters. The number of carbonyl (C=O) groups excluding carboxylic acids is 1. The summed E-state index contributed by atoms with van der Waals surface area (Å²) in [6, 6.07) is 18.3. The van der Waals surface area contributed by atoms with Crippen molar-refractivity contribution in [2.24, 2.45) is 0 Å². The van der Waals surface area contributed by atoms with Crippen LogP contribution in [0.4, 0.5) is 0 Å². The SMILES string of the molecule is C[C@H](c1nc2ccccc2s1)N(C)C(=O)CCSc1ccccc1. The number of thioether (sulfide) groups is 1. The predicted molar refractivity (Wildman–Crippen MR) is 103 cm³/mol. The number of nitrogens with zero attached hydrogens (tertiary/aromatic N) is 2. The lowest BCUT2D eigenvalue weighted by Gasteiger charge is -2.23. The average Bonchev–Trinajstić information content (AvgIpc) is 3.05. The van der Waals surface area contributed by atoms with Gasteiger partial charge in [0.2, 0.25) is 5.91 Å². The van der Waals surface area contributed by atoms with Gasteiger partial charge in [-0.05, 0) is 31.2 Å². The fourth-order valence-corrected chi connectivity index (χ4v) is 4.32. The van der Waals surface area contributed by atoms with Crippen molar-refractivity contribution in [2.75, 3.05) is 12.8 Å². The highest BCUT2D eigenvalue weighted by atomic mass is 32.2. The molecule has 1 amide bonds. The molecule has 0 N–H and O–H groups in total. The van der Waals surface area contributed by atoms with Gasteiger partial charge in [-0.2, -0.15) is 0 Å². The van der Waals surface area contributed by atoms with E-state index >= 15 is 0 Å². The standard InChI is InChI=1S/C19H20N2OS2/c1-14(19-20-16-10-6-7-11-17(16)24-19)21(2)18(22)12-13-23-15-8-4-3-5-9-15/h3-11,14H,12-13H2,1-2H3/t14-/m1/s1. The van der Waals surface area contributed by atoms with Crippen LogP contribution in [0.2, 0.25) is 0 Å². The van der Waals surface area contributed by atoms with E-state index in [9.17, 15) is 4.79 Å². The van der Waals surface area contributed by atoms with Crippen molar-refractivity contribution in [2.45, 2.75) is 24.3 Å². The lowest BCUT2D eigenvalue weighted by atomic mass is 10.3. The van der Waals surface area contributed by atoms with Gasteiger partial charge in [0.05, 0.1) is 16.3 Å². The summed E-state index contributed by atoms with van der Waals surface area (Å²) in [4.78, 5) is 20.1. The summed E-state index contributed by atoms with van der Waals surface area (Å²) in [7, 11) is 1.87. The maximum absolute atomic E-state index is 12.5. The van der Waals surface area contributed by atoms with E-state index < -0.39 is 0 Å². The summed E-state index contributed by atoms with van der Waals surface area (Å²) < 4.78 is 1.17. The number of benzene rings is 2. The number of carbonyl (C=O) groups is 1. The van der Waals surface area contributed by atoms with E-state index in [2.05, 4.69) is 23.2 Å². The maximum Gasteiger partial charge on any atom is 0.223 e. The number of hydrogen-bond donors (Lipinski definition) is 0. The average molecular weight is 357 g/mol. The van der Waals surface area contributed by atoms with Crippen LogP contribution >= 0.6 is 23.1 Å². The Bertz CT molecular complexity index is 783. The first-order valence-electron chi connectivity index (χ1n) is 7.94. The molecule has 0 aliphatic heterocycles. The Morgan fingerprint density at radius 1 is 1.17 bits per heavy atom. The summed E-state index contributed by atoms with van der Waals surface area (Å²) in [5, 5.41) is 0.989. The van der Waals surface area contributed by atoms with E-state index in [0.29, 0.717) is 6.42 Å². The highest BCUT2D eigenvalue weighted by Gasteiger charge is 2.20. The molecule has 0 saturated heterocycles. The summed E-state index contributed by atoms with van der Waals surface area (Å²) in [5.41, 5.74) is 1.00. The molecular weight excluding hydrogens is 336 g/mol. The van der Waals surface area contributed by atoms with Crippen LogP contribution in [0.1, 0.15) is 24.4 Å². The molecule has 124 valence electrons. The molecule has 0 spiro atoms. The molecule has 3 rings (SSSR count). The molecule has 1 heterocycles. The molecule has 5 heteroatoms. The van der Waals surface area contributed by atoms with Gasteiger partial charge in [0, 0.05) is 24.1 Å². The predicted octanol–water partition coefficient (Wildman–Crippen LogP) is 5.00. The minimum Gasteiger partial charge on any atom is -0.337 e. The van der Waals surface area contributed by atoms with Gasteiger partial charge in [0.1, 0.15) is 5.01 Å². The van der Waals surface area contributed by atoms with Crippen LogP contribution in [0.15, 0.2) is 59.5 Å². The van der Waals surface area contributed by atoms with Gasteiger partial charge in [-0.25, -0.2) is 4.98 Å². The molecule has 0 aliphatic rings. The zero-order valence-electron chi connectivity index (χ0n) is 13.8. The van der Waals surface area contributed by atoms with Crippen LogP contribution in [-0.4, -0.2) is 28.6 Å². The van der Waals surface area contributed by atoms with E-state index in [4.69, 9.17) is 0 Å². The highest BCUT2D eigenvalue weighted by Crippen LogP contribution is 2.29. The Kier molecular flexibility index (Phi) is 5.53. The van der Waals surface area contributed by atoms with Crippen molar-refractivity contribution in [1.29, 1.82) is 0 Å². The van der Waals surface area contributed by atoms with Crippen LogP contribution in [0.25, 0.3) is 10.2 Å². The van der Waals surface area contributed by atoms with Gasteiger partial charge in [0.15, 0.2) is 0 Å².